The van der Waals surface area contributed by atoms with Gasteiger partial charge in [-0.25, -0.2) is 22.0 Å². The van der Waals surface area contributed by atoms with E-state index in [0.29, 0.717) is 13.0 Å². The Bertz CT molecular complexity index is 1820. The topological polar surface area (TPSA) is 91.2 Å². The van der Waals surface area contributed by atoms with Crippen LogP contribution in [0.3, 0.4) is 0 Å². The maximum Gasteiger partial charge on any atom is 0.319 e. The van der Waals surface area contributed by atoms with Crippen molar-refractivity contribution in [3.8, 4) is 22.9 Å². The summed E-state index contributed by atoms with van der Waals surface area (Å²) in [7, 11) is 0. The van der Waals surface area contributed by atoms with E-state index in [9.17, 15) is 19.0 Å². The number of phenols is 1. The second-order valence-electron chi connectivity index (χ2n) is 12.6. The summed E-state index contributed by atoms with van der Waals surface area (Å²) in [5.74, 6) is -5.24. The highest BCUT2D eigenvalue weighted by Gasteiger charge is 2.49. The molecule has 0 bridgehead atoms. The molecular weight excluding hydrogens is 599 g/mol. The van der Waals surface area contributed by atoms with E-state index in [1.807, 2.05) is 4.90 Å². The zero-order chi connectivity index (χ0) is 31.7. The highest BCUT2D eigenvalue weighted by Crippen LogP contribution is 2.43. The molecule has 2 N–H and O–H groups in total. The van der Waals surface area contributed by atoms with Crippen LogP contribution in [0.25, 0.3) is 32.8 Å². The molecule has 13 heteroatoms. The van der Waals surface area contributed by atoms with Gasteiger partial charge in [0.05, 0.1) is 30.9 Å². The van der Waals surface area contributed by atoms with Crippen molar-refractivity contribution in [3.05, 3.63) is 53.6 Å². The van der Waals surface area contributed by atoms with Crippen LogP contribution < -0.4 is 9.64 Å². The van der Waals surface area contributed by atoms with Gasteiger partial charge >= 0.3 is 6.01 Å². The maximum atomic E-state index is 16.6. The molecule has 8 nitrogen and oxygen atoms in total. The van der Waals surface area contributed by atoms with Gasteiger partial charge in [0.2, 0.25) is 0 Å². The van der Waals surface area contributed by atoms with Crippen LogP contribution >= 0.6 is 0 Å². The zero-order valence-electron chi connectivity index (χ0n) is 24.4. The zero-order valence-corrected chi connectivity index (χ0v) is 24.4. The Morgan fingerprint density at radius 1 is 1.07 bits per heavy atom. The summed E-state index contributed by atoms with van der Waals surface area (Å²) in [5.41, 5.74) is -3.40. The van der Waals surface area contributed by atoms with Crippen molar-refractivity contribution in [2.24, 2.45) is 0 Å². The number of aromatic hydroxyl groups is 1. The Kier molecular flexibility index (Phi) is 7.25. The molecule has 3 fully saturated rings. The molecule has 3 aromatic carbocycles. The number of ether oxygens (including phenoxy) is 2. The van der Waals surface area contributed by atoms with Crippen molar-refractivity contribution in [2.45, 2.75) is 43.5 Å². The summed E-state index contributed by atoms with van der Waals surface area (Å²) in [5, 5.41) is 20.8. The number of nitrogens with zero attached hydrogens (tertiary/aromatic N) is 4. The van der Waals surface area contributed by atoms with Gasteiger partial charge in [-0.3, -0.25) is 4.90 Å². The minimum Gasteiger partial charge on any atom is -0.508 e. The first-order valence-corrected chi connectivity index (χ1v) is 14.8. The minimum atomic E-state index is -1.33. The van der Waals surface area contributed by atoms with Crippen LogP contribution in [0.1, 0.15) is 26.2 Å². The third kappa shape index (κ3) is 5.20. The summed E-state index contributed by atoms with van der Waals surface area (Å²) in [6, 6.07) is 4.92. The predicted molar refractivity (Wildman–Crippen MR) is 156 cm³/mol. The van der Waals surface area contributed by atoms with Crippen molar-refractivity contribution in [1.29, 1.82) is 0 Å². The summed E-state index contributed by atoms with van der Waals surface area (Å²) >= 11 is 0. The largest absolute Gasteiger partial charge is 0.508 e. The molecular formula is C32H31F5N4O4. The predicted octanol–water partition coefficient (Wildman–Crippen LogP) is 5.25. The number of hydrogen-bond acceptors (Lipinski definition) is 8. The average Bonchev–Trinajstić information content (AvgIpc) is 3.44. The highest BCUT2D eigenvalue weighted by molar-refractivity contribution is 6.02. The lowest BCUT2D eigenvalue weighted by atomic mass is 9.95. The fraction of sp³-hybridized carbons (Fsp3) is 0.438. The fourth-order valence-electron chi connectivity index (χ4n) is 7.12. The fourth-order valence-corrected chi connectivity index (χ4v) is 7.12. The van der Waals surface area contributed by atoms with Gasteiger partial charge in [-0.15, -0.1) is 0 Å². The van der Waals surface area contributed by atoms with E-state index in [0.717, 1.165) is 37.2 Å². The molecule has 1 unspecified atom stereocenters. The molecule has 4 aromatic rings. The van der Waals surface area contributed by atoms with Crippen LogP contribution in [0.15, 0.2) is 30.3 Å². The third-order valence-corrected chi connectivity index (χ3v) is 9.08. The van der Waals surface area contributed by atoms with Gasteiger partial charge in [0.25, 0.3) is 0 Å². The summed E-state index contributed by atoms with van der Waals surface area (Å²) < 4.78 is 88.1. The molecule has 0 spiro atoms. The number of aliphatic hydroxyl groups is 1. The van der Waals surface area contributed by atoms with E-state index in [4.69, 9.17) is 9.47 Å². The SMILES string of the molecule is CC1(O)COCCN(c2nc(OC[C@@]34CCCN3C[C@H](F)C4)nc3c(F)c(-c4cc(O)cc5ccc(F)c(F)c45)c(F)cc23)C1. The number of rotatable bonds is 5. The van der Waals surface area contributed by atoms with Crippen LogP contribution in [0.2, 0.25) is 0 Å². The normalized spacial score (nSPS) is 25.7. The second kappa shape index (κ2) is 10.9. The number of benzene rings is 3. The molecule has 3 saturated heterocycles. The molecule has 4 heterocycles. The van der Waals surface area contributed by atoms with Crippen molar-refractivity contribution >= 4 is 27.5 Å². The summed E-state index contributed by atoms with van der Waals surface area (Å²) in [6.07, 6.45) is 0.841. The number of anilines is 1. The van der Waals surface area contributed by atoms with E-state index >= 15 is 13.2 Å². The number of aromatic nitrogens is 2. The lowest BCUT2D eigenvalue weighted by Crippen LogP contribution is -2.44. The molecule has 238 valence electrons. The number of hydrogen-bond donors (Lipinski definition) is 2. The molecule has 3 aliphatic heterocycles. The molecule has 0 amide bonds. The van der Waals surface area contributed by atoms with E-state index < -0.39 is 62.8 Å². The first-order valence-electron chi connectivity index (χ1n) is 14.8. The monoisotopic (exact) mass is 630 g/mol. The molecule has 7 rings (SSSR count). The highest BCUT2D eigenvalue weighted by atomic mass is 19.2. The Balaban J connectivity index is 1.41. The smallest absolute Gasteiger partial charge is 0.319 e. The van der Waals surface area contributed by atoms with Gasteiger partial charge in [-0.05, 0) is 56.0 Å². The van der Waals surface area contributed by atoms with Crippen molar-refractivity contribution < 1.29 is 41.6 Å². The van der Waals surface area contributed by atoms with Gasteiger partial charge in [-0.1, -0.05) is 6.07 Å². The quantitative estimate of drug-likeness (QED) is 0.289. The lowest BCUT2D eigenvalue weighted by molar-refractivity contribution is -0.0123. The summed E-state index contributed by atoms with van der Waals surface area (Å²) in [6.45, 7) is 3.06. The number of fused-ring (bicyclic) bond motifs is 3. The number of β-amino-alcohol motifs (C(OH)–C–C–N with tert-alkyl or cyclic N) is 1. The number of phenolic OH excluding ortho intramolecular Hbond substituents is 1. The molecule has 0 saturated carbocycles. The van der Waals surface area contributed by atoms with Crippen LogP contribution in [0.5, 0.6) is 11.8 Å². The van der Waals surface area contributed by atoms with E-state index in [-0.39, 0.29) is 67.4 Å². The Hall–Kier alpha value is -3.81. The Labute approximate surface area is 255 Å². The molecule has 3 aliphatic rings. The minimum absolute atomic E-state index is 0.00642. The van der Waals surface area contributed by atoms with E-state index in [2.05, 4.69) is 9.97 Å². The second-order valence-corrected chi connectivity index (χ2v) is 12.6. The standard InChI is InChI=1S/C32H31F5N4O4/c1-31(43)14-40(7-8-44-15-31)29-21-11-23(35)25(20-10-19(42)9-17-3-4-22(34)26(36)24(17)20)27(37)28(21)38-30(39-29)45-16-32-5-2-6-41(32)13-18(33)12-32/h3-4,9-11,18,42-43H,2,5-8,12-16H2,1H3/t18-,31?,32+/m1/s1. The average molecular weight is 631 g/mol. The first kappa shape index (κ1) is 29.9. The third-order valence-electron chi connectivity index (χ3n) is 9.08. The Morgan fingerprint density at radius 3 is 2.71 bits per heavy atom. The van der Waals surface area contributed by atoms with Crippen molar-refractivity contribution in [2.75, 3.05) is 50.9 Å². The maximum absolute atomic E-state index is 16.6. The molecule has 1 aromatic heterocycles. The van der Waals surface area contributed by atoms with Crippen LogP contribution in [0.4, 0.5) is 27.8 Å². The first-order chi connectivity index (χ1) is 21.4. The summed E-state index contributed by atoms with van der Waals surface area (Å²) in [4.78, 5) is 12.5. The molecule has 0 aliphatic carbocycles. The van der Waals surface area contributed by atoms with Gasteiger partial charge in [0.1, 0.15) is 41.3 Å². The van der Waals surface area contributed by atoms with E-state index in [1.165, 1.54) is 6.07 Å². The van der Waals surface area contributed by atoms with Gasteiger partial charge in [0, 0.05) is 35.8 Å². The van der Waals surface area contributed by atoms with Crippen LogP contribution in [-0.2, 0) is 4.74 Å². The van der Waals surface area contributed by atoms with Crippen LogP contribution in [0, 0.1) is 23.3 Å². The number of halogens is 5. The van der Waals surface area contributed by atoms with E-state index in [1.54, 1.807) is 11.8 Å². The Morgan fingerprint density at radius 2 is 1.89 bits per heavy atom. The van der Waals surface area contributed by atoms with Gasteiger partial charge in [-0.2, -0.15) is 9.97 Å². The molecule has 3 atom stereocenters. The van der Waals surface area contributed by atoms with Crippen molar-refractivity contribution in [1.82, 2.24) is 14.9 Å². The molecule has 45 heavy (non-hydrogen) atoms. The van der Waals surface area contributed by atoms with Crippen molar-refractivity contribution in [3.63, 3.8) is 0 Å². The van der Waals surface area contributed by atoms with Gasteiger partial charge in [0.15, 0.2) is 17.5 Å². The van der Waals surface area contributed by atoms with Crippen LogP contribution in [-0.4, -0.2) is 88.4 Å². The van der Waals surface area contributed by atoms with Gasteiger partial charge < -0.3 is 24.6 Å². The lowest BCUT2D eigenvalue weighted by Gasteiger charge is -2.31. The molecule has 0 radical (unpaired) electrons. The number of alkyl halides is 1.